The number of para-hydroxylation sites is 1. The van der Waals surface area contributed by atoms with E-state index in [2.05, 4.69) is 27.8 Å². The first kappa shape index (κ1) is 16.3. The first-order valence-electron chi connectivity index (χ1n) is 8.93. The highest BCUT2D eigenvalue weighted by atomic mass is 16.1. The summed E-state index contributed by atoms with van der Waals surface area (Å²) in [6.07, 6.45) is 3.38. The van der Waals surface area contributed by atoms with Gasteiger partial charge in [0.05, 0.1) is 28.8 Å². The molecule has 1 amide bonds. The lowest BCUT2D eigenvalue weighted by molar-refractivity contribution is 0.0995. The first-order chi connectivity index (χ1) is 13.6. The minimum absolute atomic E-state index is 0.351. The van der Waals surface area contributed by atoms with Gasteiger partial charge in [-0.25, -0.2) is 4.98 Å². The zero-order chi connectivity index (χ0) is 19.3. The summed E-state index contributed by atoms with van der Waals surface area (Å²) in [5.41, 5.74) is 11.3. The van der Waals surface area contributed by atoms with Gasteiger partial charge in [0, 0.05) is 17.3 Å². The summed E-state index contributed by atoms with van der Waals surface area (Å²) >= 11 is 0. The van der Waals surface area contributed by atoms with Crippen LogP contribution in [0.2, 0.25) is 0 Å². The number of fused-ring (bicyclic) bond motifs is 2. The van der Waals surface area contributed by atoms with Crippen LogP contribution in [-0.4, -0.2) is 24.8 Å². The van der Waals surface area contributed by atoms with Gasteiger partial charge in [-0.3, -0.25) is 14.2 Å². The largest absolute Gasteiger partial charge is 0.364 e. The number of nitrogens with zero attached hydrogens (tertiary/aromatic N) is 4. The second-order valence-electron chi connectivity index (χ2n) is 6.71. The summed E-state index contributed by atoms with van der Waals surface area (Å²) < 4.78 is 3.86. The van der Waals surface area contributed by atoms with Crippen LogP contribution in [0, 0.1) is 6.92 Å². The molecule has 0 saturated carbocycles. The number of hydrogen-bond donors (Lipinski definition) is 1. The Kier molecular flexibility index (Phi) is 3.52. The number of primary amides is 1. The lowest BCUT2D eigenvalue weighted by Gasteiger charge is -2.12. The van der Waals surface area contributed by atoms with Crippen LogP contribution in [0.5, 0.6) is 0 Å². The summed E-state index contributed by atoms with van der Waals surface area (Å²) in [5.74, 6) is -0.511. The van der Waals surface area contributed by atoms with Crippen molar-refractivity contribution in [2.24, 2.45) is 5.73 Å². The average Bonchev–Trinajstić information content (AvgIpc) is 3.29. The van der Waals surface area contributed by atoms with Crippen molar-refractivity contribution in [1.29, 1.82) is 0 Å². The van der Waals surface area contributed by atoms with E-state index in [4.69, 9.17) is 10.7 Å². The highest BCUT2D eigenvalue weighted by Gasteiger charge is 2.15. The number of pyridine rings is 2. The maximum absolute atomic E-state index is 11.8. The predicted octanol–water partition coefficient (Wildman–Crippen LogP) is 3.75. The standard InChI is InChI=1S/C22H17N5O/c1-14-5-4-7-17(25-14)19-11-15-6-2-3-8-18(15)27(19)16-9-10-21-24-12-20(22(23)28)26(21)13-16/h2-13H,1H3,(H2,23,28). The van der Waals surface area contributed by atoms with Gasteiger partial charge in [-0.1, -0.05) is 24.3 Å². The van der Waals surface area contributed by atoms with Crippen molar-refractivity contribution in [3.05, 3.63) is 84.4 Å². The molecule has 2 N–H and O–H groups in total. The maximum Gasteiger partial charge on any atom is 0.267 e. The molecule has 5 aromatic rings. The summed E-state index contributed by atoms with van der Waals surface area (Å²) in [4.78, 5) is 20.7. The zero-order valence-electron chi connectivity index (χ0n) is 15.2. The Morgan fingerprint density at radius 2 is 1.89 bits per heavy atom. The molecule has 0 atom stereocenters. The van der Waals surface area contributed by atoms with E-state index < -0.39 is 5.91 Å². The molecule has 0 aliphatic heterocycles. The minimum Gasteiger partial charge on any atom is -0.364 e. The smallest absolute Gasteiger partial charge is 0.267 e. The number of benzene rings is 1. The van der Waals surface area contributed by atoms with Crippen LogP contribution in [0.1, 0.15) is 16.2 Å². The number of hydrogen-bond acceptors (Lipinski definition) is 3. The number of rotatable bonds is 3. The van der Waals surface area contributed by atoms with Crippen LogP contribution < -0.4 is 5.73 Å². The summed E-state index contributed by atoms with van der Waals surface area (Å²) in [6, 6.07) is 20.2. The molecule has 0 saturated heterocycles. The second-order valence-corrected chi connectivity index (χ2v) is 6.71. The van der Waals surface area contributed by atoms with Crippen molar-refractivity contribution >= 4 is 22.5 Å². The van der Waals surface area contributed by atoms with Crippen LogP contribution in [0.15, 0.2) is 73.1 Å². The third kappa shape index (κ3) is 2.46. The molecule has 1 aromatic carbocycles. The van der Waals surface area contributed by atoms with Gasteiger partial charge in [0.2, 0.25) is 0 Å². The molecule has 0 bridgehead atoms. The van der Waals surface area contributed by atoms with E-state index in [1.54, 1.807) is 4.40 Å². The number of aryl methyl sites for hydroxylation is 1. The van der Waals surface area contributed by atoms with E-state index in [-0.39, 0.29) is 0 Å². The van der Waals surface area contributed by atoms with Gasteiger partial charge in [-0.15, -0.1) is 0 Å². The van der Waals surface area contributed by atoms with E-state index in [0.717, 1.165) is 33.7 Å². The van der Waals surface area contributed by atoms with Crippen molar-refractivity contribution in [3.63, 3.8) is 0 Å². The molecule has 4 heterocycles. The van der Waals surface area contributed by atoms with Crippen LogP contribution in [0.3, 0.4) is 0 Å². The predicted molar refractivity (Wildman–Crippen MR) is 109 cm³/mol. The Morgan fingerprint density at radius 1 is 1.04 bits per heavy atom. The Bertz CT molecular complexity index is 1360. The van der Waals surface area contributed by atoms with Crippen LogP contribution >= 0.6 is 0 Å². The van der Waals surface area contributed by atoms with E-state index in [1.165, 1.54) is 6.20 Å². The fourth-order valence-electron chi connectivity index (χ4n) is 3.59. The minimum atomic E-state index is -0.511. The normalized spacial score (nSPS) is 11.3. The molecular weight excluding hydrogens is 350 g/mol. The fraction of sp³-hybridized carbons (Fsp3) is 0.0455. The molecule has 0 aliphatic carbocycles. The van der Waals surface area contributed by atoms with Crippen molar-refractivity contribution in [2.45, 2.75) is 6.92 Å². The molecule has 136 valence electrons. The Morgan fingerprint density at radius 3 is 2.71 bits per heavy atom. The fourth-order valence-corrected chi connectivity index (χ4v) is 3.59. The number of carbonyl (C=O) groups excluding carboxylic acids is 1. The second kappa shape index (κ2) is 6.06. The third-order valence-electron chi connectivity index (χ3n) is 4.86. The third-order valence-corrected chi connectivity index (χ3v) is 4.86. The molecule has 28 heavy (non-hydrogen) atoms. The van der Waals surface area contributed by atoms with Crippen LogP contribution in [-0.2, 0) is 0 Å². The number of imidazole rings is 1. The molecule has 4 aromatic heterocycles. The van der Waals surface area contributed by atoms with Crippen molar-refractivity contribution < 1.29 is 4.79 Å². The number of amides is 1. The molecule has 6 nitrogen and oxygen atoms in total. The van der Waals surface area contributed by atoms with Crippen molar-refractivity contribution in [2.75, 3.05) is 0 Å². The van der Waals surface area contributed by atoms with E-state index >= 15 is 0 Å². The topological polar surface area (TPSA) is 78.2 Å². The molecular formula is C22H17N5O. The number of aromatic nitrogens is 4. The van der Waals surface area contributed by atoms with E-state index in [9.17, 15) is 4.79 Å². The maximum atomic E-state index is 11.8. The van der Waals surface area contributed by atoms with Gasteiger partial charge >= 0.3 is 0 Å². The quantitative estimate of drug-likeness (QED) is 0.527. The molecule has 5 rings (SSSR count). The molecule has 6 heteroatoms. The van der Waals surface area contributed by atoms with E-state index in [0.29, 0.717) is 11.3 Å². The van der Waals surface area contributed by atoms with Gasteiger partial charge in [0.25, 0.3) is 5.91 Å². The lowest BCUT2D eigenvalue weighted by atomic mass is 10.2. The monoisotopic (exact) mass is 367 g/mol. The Labute approximate surface area is 160 Å². The Balaban J connectivity index is 1.83. The van der Waals surface area contributed by atoms with Gasteiger partial charge in [0.15, 0.2) is 0 Å². The van der Waals surface area contributed by atoms with Gasteiger partial charge in [-0.05, 0) is 43.3 Å². The Hall–Kier alpha value is -3.93. The van der Waals surface area contributed by atoms with Gasteiger partial charge in [-0.2, -0.15) is 0 Å². The summed E-state index contributed by atoms with van der Waals surface area (Å²) in [5, 5.41) is 1.11. The summed E-state index contributed by atoms with van der Waals surface area (Å²) in [7, 11) is 0. The SMILES string of the molecule is Cc1cccc(-c2cc3ccccc3n2-c2ccc3ncc(C(N)=O)n3c2)n1. The average molecular weight is 367 g/mol. The molecule has 0 spiro atoms. The first-order valence-corrected chi connectivity index (χ1v) is 8.93. The highest BCUT2D eigenvalue weighted by molar-refractivity contribution is 5.92. The van der Waals surface area contributed by atoms with Crippen molar-refractivity contribution in [1.82, 2.24) is 18.9 Å². The van der Waals surface area contributed by atoms with E-state index in [1.807, 2.05) is 55.6 Å². The molecule has 0 unspecified atom stereocenters. The molecule has 0 radical (unpaired) electrons. The summed E-state index contributed by atoms with van der Waals surface area (Å²) in [6.45, 7) is 1.98. The van der Waals surface area contributed by atoms with Gasteiger partial charge in [0.1, 0.15) is 11.3 Å². The molecule has 0 fully saturated rings. The van der Waals surface area contributed by atoms with Crippen molar-refractivity contribution in [3.8, 4) is 17.1 Å². The van der Waals surface area contributed by atoms with Crippen LogP contribution in [0.4, 0.5) is 0 Å². The van der Waals surface area contributed by atoms with Crippen LogP contribution in [0.25, 0.3) is 33.6 Å². The lowest BCUT2D eigenvalue weighted by Crippen LogP contribution is -2.13. The van der Waals surface area contributed by atoms with Gasteiger partial charge < -0.3 is 10.3 Å². The highest BCUT2D eigenvalue weighted by Crippen LogP contribution is 2.31. The number of carbonyl (C=O) groups is 1. The number of nitrogens with two attached hydrogens (primary N) is 1. The zero-order valence-corrected chi connectivity index (χ0v) is 15.2. The molecule has 0 aliphatic rings.